The molecule has 1 atom stereocenters. The molecule has 110 valence electrons. The molecule has 1 aromatic rings. The van der Waals surface area contributed by atoms with E-state index in [0.717, 1.165) is 0 Å². The third-order valence-electron chi connectivity index (χ3n) is 3.61. The van der Waals surface area contributed by atoms with Crippen LogP contribution in [0.15, 0.2) is 24.3 Å². The number of nitrogens with zero attached hydrogens (tertiary/aromatic N) is 2. The Kier molecular flexibility index (Phi) is 4.25. The Hall–Kier alpha value is -1.66. The highest BCUT2D eigenvalue weighted by molar-refractivity contribution is 5.78. The molecule has 0 aromatic heterocycles. The molecule has 1 unspecified atom stereocenters. The Labute approximate surface area is 117 Å². The predicted molar refractivity (Wildman–Crippen MR) is 75.3 cm³/mol. The fourth-order valence-electron chi connectivity index (χ4n) is 2.39. The molecule has 2 rings (SSSR count). The van der Waals surface area contributed by atoms with Gasteiger partial charge in [0.05, 0.1) is 5.69 Å². The van der Waals surface area contributed by atoms with Crippen molar-refractivity contribution in [3.8, 4) is 0 Å². The summed E-state index contributed by atoms with van der Waals surface area (Å²) < 4.78 is 13.7. The Morgan fingerprint density at radius 3 is 2.50 bits per heavy atom. The van der Waals surface area contributed by atoms with Crippen molar-refractivity contribution in [3.05, 3.63) is 30.1 Å². The largest absolute Gasteiger partial charge is 0.480 e. The Balaban J connectivity index is 1.93. The van der Waals surface area contributed by atoms with Gasteiger partial charge in [-0.05, 0) is 19.1 Å². The molecule has 0 saturated carbocycles. The molecule has 0 radical (unpaired) electrons. The maximum Gasteiger partial charge on any atom is 0.324 e. The minimum absolute atomic E-state index is 0.227. The van der Waals surface area contributed by atoms with Crippen LogP contribution in [0.2, 0.25) is 0 Å². The van der Waals surface area contributed by atoms with Crippen LogP contribution in [0.5, 0.6) is 0 Å². The second-order valence-electron chi connectivity index (χ2n) is 5.44. The number of nitrogens with two attached hydrogens (primary N) is 1. The SMILES string of the molecule is CC(N)(CN1CCN(c2ccccc2F)CC1)C(=O)O. The maximum absolute atomic E-state index is 13.7. The van der Waals surface area contributed by atoms with E-state index < -0.39 is 11.5 Å². The van der Waals surface area contributed by atoms with E-state index in [4.69, 9.17) is 10.8 Å². The molecule has 3 N–H and O–H groups in total. The number of carboxylic acids is 1. The molecule has 0 amide bonds. The lowest BCUT2D eigenvalue weighted by molar-refractivity contribution is -0.143. The lowest BCUT2D eigenvalue weighted by Crippen LogP contribution is -2.57. The fraction of sp³-hybridized carbons (Fsp3) is 0.500. The van der Waals surface area contributed by atoms with E-state index in [-0.39, 0.29) is 5.82 Å². The molecule has 1 aliphatic heterocycles. The Bertz CT molecular complexity index is 485. The van der Waals surface area contributed by atoms with Crippen molar-refractivity contribution in [1.29, 1.82) is 0 Å². The van der Waals surface area contributed by atoms with Crippen molar-refractivity contribution in [2.75, 3.05) is 37.6 Å². The summed E-state index contributed by atoms with van der Waals surface area (Å²) in [6, 6.07) is 6.69. The van der Waals surface area contributed by atoms with Crippen LogP contribution in [-0.2, 0) is 4.79 Å². The van der Waals surface area contributed by atoms with Crippen LogP contribution in [0.25, 0.3) is 0 Å². The highest BCUT2D eigenvalue weighted by atomic mass is 19.1. The molecule has 1 aromatic carbocycles. The number of halogens is 1. The number of hydrogen-bond acceptors (Lipinski definition) is 4. The monoisotopic (exact) mass is 281 g/mol. The third kappa shape index (κ3) is 3.26. The van der Waals surface area contributed by atoms with Gasteiger partial charge in [0.1, 0.15) is 11.4 Å². The first kappa shape index (κ1) is 14.7. The van der Waals surface area contributed by atoms with E-state index in [0.29, 0.717) is 38.4 Å². The highest BCUT2D eigenvalue weighted by Crippen LogP contribution is 2.20. The first-order valence-electron chi connectivity index (χ1n) is 6.64. The van der Waals surface area contributed by atoms with Gasteiger partial charge in [-0.15, -0.1) is 0 Å². The summed E-state index contributed by atoms with van der Waals surface area (Å²) >= 11 is 0. The molecule has 0 spiro atoms. The summed E-state index contributed by atoms with van der Waals surface area (Å²) in [5.74, 6) is -1.23. The molecule has 1 saturated heterocycles. The van der Waals surface area contributed by atoms with E-state index in [1.807, 2.05) is 15.9 Å². The van der Waals surface area contributed by atoms with Crippen LogP contribution >= 0.6 is 0 Å². The summed E-state index contributed by atoms with van der Waals surface area (Å²) in [6.07, 6.45) is 0. The molecule has 1 heterocycles. The van der Waals surface area contributed by atoms with Gasteiger partial charge in [0.2, 0.25) is 0 Å². The number of aliphatic carboxylic acids is 1. The second-order valence-corrected chi connectivity index (χ2v) is 5.44. The van der Waals surface area contributed by atoms with E-state index >= 15 is 0 Å². The molecule has 0 aliphatic carbocycles. The van der Waals surface area contributed by atoms with Gasteiger partial charge in [-0.2, -0.15) is 0 Å². The second kappa shape index (κ2) is 5.76. The highest BCUT2D eigenvalue weighted by Gasteiger charge is 2.32. The molecule has 20 heavy (non-hydrogen) atoms. The van der Waals surface area contributed by atoms with Crippen molar-refractivity contribution in [2.45, 2.75) is 12.5 Å². The van der Waals surface area contributed by atoms with E-state index in [1.54, 1.807) is 12.1 Å². The number of hydrogen-bond donors (Lipinski definition) is 2. The first-order chi connectivity index (χ1) is 9.40. The molecule has 5 nitrogen and oxygen atoms in total. The van der Waals surface area contributed by atoms with Crippen LogP contribution in [0.4, 0.5) is 10.1 Å². The lowest BCUT2D eigenvalue weighted by Gasteiger charge is -2.38. The molecular formula is C14H20FN3O2. The Morgan fingerprint density at radius 1 is 1.35 bits per heavy atom. The Morgan fingerprint density at radius 2 is 1.95 bits per heavy atom. The molecular weight excluding hydrogens is 261 g/mol. The summed E-state index contributed by atoms with van der Waals surface area (Å²) in [4.78, 5) is 15.0. The minimum atomic E-state index is -1.25. The summed E-state index contributed by atoms with van der Waals surface area (Å²) in [5.41, 5.74) is 5.09. The van der Waals surface area contributed by atoms with Gasteiger partial charge in [0.25, 0.3) is 0 Å². The van der Waals surface area contributed by atoms with Gasteiger partial charge in [0.15, 0.2) is 0 Å². The van der Waals surface area contributed by atoms with Gasteiger partial charge in [-0.3, -0.25) is 9.69 Å². The van der Waals surface area contributed by atoms with Crippen LogP contribution in [-0.4, -0.2) is 54.2 Å². The average molecular weight is 281 g/mol. The van der Waals surface area contributed by atoms with Gasteiger partial charge < -0.3 is 15.7 Å². The summed E-state index contributed by atoms with van der Waals surface area (Å²) in [7, 11) is 0. The quantitative estimate of drug-likeness (QED) is 0.852. The third-order valence-corrected chi connectivity index (χ3v) is 3.61. The maximum atomic E-state index is 13.7. The van der Waals surface area contributed by atoms with Crippen molar-refractivity contribution >= 4 is 11.7 Å². The lowest BCUT2D eigenvalue weighted by atomic mass is 10.0. The van der Waals surface area contributed by atoms with E-state index in [9.17, 15) is 9.18 Å². The number of piperazine rings is 1. The van der Waals surface area contributed by atoms with Crippen LogP contribution < -0.4 is 10.6 Å². The molecule has 1 aliphatic rings. The van der Waals surface area contributed by atoms with E-state index in [1.165, 1.54) is 13.0 Å². The van der Waals surface area contributed by atoms with Crippen LogP contribution in [0.3, 0.4) is 0 Å². The number of carbonyl (C=O) groups is 1. The summed E-state index contributed by atoms with van der Waals surface area (Å²) in [5, 5.41) is 9.03. The van der Waals surface area contributed by atoms with Gasteiger partial charge >= 0.3 is 5.97 Å². The zero-order valence-electron chi connectivity index (χ0n) is 11.6. The van der Waals surface area contributed by atoms with Crippen molar-refractivity contribution in [3.63, 3.8) is 0 Å². The normalized spacial score (nSPS) is 19.6. The van der Waals surface area contributed by atoms with E-state index in [2.05, 4.69) is 0 Å². The van der Waals surface area contributed by atoms with Gasteiger partial charge in [-0.1, -0.05) is 12.1 Å². The standard InChI is InChI=1S/C14H20FN3O2/c1-14(16,13(19)20)10-17-6-8-18(9-7-17)12-5-3-2-4-11(12)15/h2-5H,6-10,16H2,1H3,(H,19,20). The minimum Gasteiger partial charge on any atom is -0.480 e. The zero-order chi connectivity index (χ0) is 14.8. The molecule has 1 fully saturated rings. The average Bonchev–Trinajstić information content (AvgIpc) is 2.40. The van der Waals surface area contributed by atoms with Crippen LogP contribution in [0, 0.1) is 5.82 Å². The van der Waals surface area contributed by atoms with Gasteiger partial charge in [0, 0.05) is 32.7 Å². The number of carboxylic acid groups (broad SMARTS) is 1. The number of benzene rings is 1. The summed E-state index contributed by atoms with van der Waals surface area (Å²) in [6.45, 7) is 4.49. The van der Waals surface area contributed by atoms with Crippen LogP contribution in [0.1, 0.15) is 6.92 Å². The zero-order valence-corrected chi connectivity index (χ0v) is 11.6. The van der Waals surface area contributed by atoms with Crippen molar-refractivity contribution in [1.82, 2.24) is 4.90 Å². The molecule has 0 bridgehead atoms. The predicted octanol–water partition coefficient (Wildman–Crippen LogP) is 0.750. The topological polar surface area (TPSA) is 69.8 Å². The molecule has 6 heteroatoms. The van der Waals surface area contributed by atoms with Crippen molar-refractivity contribution in [2.24, 2.45) is 5.73 Å². The first-order valence-corrected chi connectivity index (χ1v) is 6.64. The number of para-hydroxylation sites is 1. The fourth-order valence-corrected chi connectivity index (χ4v) is 2.39. The number of rotatable bonds is 4. The number of anilines is 1. The van der Waals surface area contributed by atoms with Gasteiger partial charge in [-0.25, -0.2) is 4.39 Å². The van der Waals surface area contributed by atoms with Crippen molar-refractivity contribution < 1.29 is 14.3 Å². The smallest absolute Gasteiger partial charge is 0.324 e.